The van der Waals surface area contributed by atoms with Crippen LogP contribution in [0.4, 0.5) is 5.82 Å². The summed E-state index contributed by atoms with van der Waals surface area (Å²) in [6.07, 6.45) is 0.535. The van der Waals surface area contributed by atoms with Crippen LogP contribution in [0.2, 0.25) is 0 Å². The van der Waals surface area contributed by atoms with E-state index in [0.717, 1.165) is 0 Å². The van der Waals surface area contributed by atoms with Crippen LogP contribution >= 0.6 is 0 Å². The van der Waals surface area contributed by atoms with E-state index in [1.165, 1.54) is 6.07 Å². The number of hydrogen-bond acceptors (Lipinski definition) is 6. The maximum absolute atomic E-state index is 10.9. The van der Waals surface area contributed by atoms with Gasteiger partial charge >= 0.3 is 0 Å². The van der Waals surface area contributed by atoms with Crippen LogP contribution in [0.15, 0.2) is 16.0 Å². The van der Waals surface area contributed by atoms with Crippen LogP contribution < -0.4 is 5.73 Å². The molecular formula is C6H3N3O6S2. The van der Waals surface area contributed by atoms with Gasteiger partial charge in [-0.05, 0) is 0 Å². The van der Waals surface area contributed by atoms with Crippen molar-refractivity contribution in [2.75, 3.05) is 0 Å². The molecule has 90 valence electrons. The number of nitriles is 1. The molecule has 17 heavy (non-hydrogen) atoms. The molecule has 0 unspecified atom stereocenters. The second-order valence-electron chi connectivity index (χ2n) is 2.72. The Kier molecular flexibility index (Phi) is 3.08. The number of hydrogen-bond donors (Lipinski definition) is 2. The maximum Gasteiger partial charge on any atom is 0.299 e. The molecule has 0 fully saturated rings. The largest absolute Gasteiger partial charge is 0.299 e. The highest BCUT2D eigenvalue weighted by Crippen LogP contribution is 2.28. The summed E-state index contributed by atoms with van der Waals surface area (Å²) in [5, 5.41) is 8.54. The van der Waals surface area contributed by atoms with E-state index < -0.39 is 41.4 Å². The lowest BCUT2D eigenvalue weighted by molar-refractivity contribution is 0.466. The summed E-state index contributed by atoms with van der Waals surface area (Å²) in [6, 6.07) is 1.25. The highest BCUT2D eigenvalue weighted by molar-refractivity contribution is 7.89. The molecule has 1 rings (SSSR count). The fourth-order valence-electron chi connectivity index (χ4n) is 1.04. The highest BCUT2D eigenvalue weighted by Gasteiger charge is 2.31. The molecule has 1 aromatic heterocycles. The normalized spacial score (nSPS) is 12.1. The van der Waals surface area contributed by atoms with Crippen molar-refractivity contribution in [1.82, 2.24) is 10.7 Å². The van der Waals surface area contributed by atoms with E-state index in [4.69, 9.17) is 20.1 Å². The van der Waals surface area contributed by atoms with Crippen molar-refractivity contribution < 1.29 is 25.9 Å². The zero-order chi connectivity index (χ0) is 13.4. The van der Waals surface area contributed by atoms with Gasteiger partial charge < -0.3 is 0 Å². The van der Waals surface area contributed by atoms with Gasteiger partial charge in [-0.2, -0.15) is 22.1 Å². The molecule has 0 aliphatic rings. The van der Waals surface area contributed by atoms with Crippen molar-refractivity contribution in [3.05, 3.63) is 11.8 Å². The lowest BCUT2D eigenvalue weighted by atomic mass is 10.3. The highest BCUT2D eigenvalue weighted by atomic mass is 32.2. The van der Waals surface area contributed by atoms with E-state index in [2.05, 4.69) is 4.98 Å². The predicted octanol–water partition coefficient (Wildman–Crippen LogP) is -0.853. The Labute approximate surface area is 96.0 Å². The van der Waals surface area contributed by atoms with Crippen molar-refractivity contribution in [2.45, 2.75) is 9.79 Å². The minimum Gasteiger partial charge on any atom is -0.282 e. The molecule has 11 heteroatoms. The van der Waals surface area contributed by atoms with Crippen molar-refractivity contribution in [1.29, 1.82) is 5.26 Å². The van der Waals surface area contributed by atoms with Gasteiger partial charge in [-0.1, -0.05) is 0 Å². The van der Waals surface area contributed by atoms with E-state index >= 15 is 0 Å². The molecule has 0 aliphatic carbocycles. The third kappa shape index (κ3) is 2.50. The second kappa shape index (κ2) is 3.93. The van der Waals surface area contributed by atoms with Crippen molar-refractivity contribution >= 4 is 26.1 Å². The smallest absolute Gasteiger partial charge is 0.282 e. The first-order valence-corrected chi connectivity index (χ1v) is 6.54. The van der Waals surface area contributed by atoms with E-state index in [9.17, 15) is 16.8 Å². The number of pyridine rings is 1. The van der Waals surface area contributed by atoms with E-state index in [1.54, 1.807) is 0 Å². The summed E-state index contributed by atoms with van der Waals surface area (Å²) in [6.45, 7) is 0. The van der Waals surface area contributed by atoms with Gasteiger partial charge in [-0.25, -0.2) is 4.98 Å². The third-order valence-electron chi connectivity index (χ3n) is 1.61. The molecule has 0 saturated heterocycles. The first kappa shape index (κ1) is 13.3. The van der Waals surface area contributed by atoms with Crippen LogP contribution in [0.3, 0.4) is 0 Å². The van der Waals surface area contributed by atoms with Crippen LogP contribution in [-0.2, 0) is 20.2 Å². The molecule has 0 aromatic carbocycles. The van der Waals surface area contributed by atoms with Gasteiger partial charge in [-0.15, -0.1) is 5.73 Å². The summed E-state index contributed by atoms with van der Waals surface area (Å²) in [5.74, 6) is -1.35. The lowest BCUT2D eigenvalue weighted by Gasteiger charge is -2.06. The molecule has 0 amide bonds. The predicted molar refractivity (Wildman–Crippen MR) is 50.4 cm³/mol. The molecule has 2 N–H and O–H groups in total. The van der Waals surface area contributed by atoms with E-state index in [1.807, 2.05) is 0 Å². The molecule has 1 aromatic rings. The van der Waals surface area contributed by atoms with Gasteiger partial charge in [0, 0.05) is 6.20 Å². The van der Waals surface area contributed by atoms with Crippen LogP contribution in [0.1, 0.15) is 5.56 Å². The Morgan fingerprint density at radius 2 is 1.59 bits per heavy atom. The van der Waals surface area contributed by atoms with E-state index in [-0.39, 0.29) is 0 Å². The maximum atomic E-state index is 10.9. The Bertz CT molecular complexity index is 715. The van der Waals surface area contributed by atoms with Gasteiger partial charge in [0.25, 0.3) is 20.2 Å². The fraction of sp³-hybridized carbons (Fsp3) is 0. The Hall–Kier alpha value is -1.74. The van der Waals surface area contributed by atoms with Gasteiger partial charge in [0.05, 0.1) is 5.56 Å². The standard InChI is InChI=1S/C6H3N3O6S2/c7-1-3-2-9-6(8)5(17(13,14)15)4(3)16(10,11)12/h2H,(H,10,11,12)(H,13,14,15). The van der Waals surface area contributed by atoms with Crippen LogP contribution in [0, 0.1) is 11.3 Å². The first-order valence-electron chi connectivity index (χ1n) is 3.66. The molecule has 0 aliphatic heterocycles. The van der Waals surface area contributed by atoms with Gasteiger partial charge in [0.15, 0.2) is 10.7 Å². The lowest BCUT2D eigenvalue weighted by Crippen LogP contribution is -2.12. The molecule has 1 heterocycles. The Balaban J connectivity index is 4.03. The van der Waals surface area contributed by atoms with Gasteiger partial charge in [-0.3, -0.25) is 9.11 Å². The SMILES string of the molecule is [N]c1ncc(C#N)c(S(=O)(=O)O)c1S(=O)(=O)O. The summed E-state index contributed by atoms with van der Waals surface area (Å²) >= 11 is 0. The first-order chi connectivity index (χ1) is 7.59. The van der Waals surface area contributed by atoms with Gasteiger partial charge in [0.1, 0.15) is 11.0 Å². The number of rotatable bonds is 2. The summed E-state index contributed by atoms with van der Waals surface area (Å²) < 4.78 is 61.1. The van der Waals surface area contributed by atoms with Crippen LogP contribution in [0.25, 0.3) is 0 Å². The fourth-order valence-corrected chi connectivity index (χ4v) is 3.00. The average Bonchev–Trinajstić information content (AvgIpc) is 2.13. The second-order valence-corrected chi connectivity index (χ2v) is 5.43. The molecule has 2 radical (unpaired) electrons. The zero-order valence-electron chi connectivity index (χ0n) is 7.76. The number of nitrogens with zero attached hydrogens (tertiary/aromatic N) is 3. The Morgan fingerprint density at radius 1 is 1.12 bits per heavy atom. The molecule has 0 saturated carbocycles. The van der Waals surface area contributed by atoms with Crippen LogP contribution in [0.5, 0.6) is 0 Å². The molecule has 0 bridgehead atoms. The van der Waals surface area contributed by atoms with Crippen LogP contribution in [-0.4, -0.2) is 30.9 Å². The summed E-state index contributed by atoms with van der Waals surface area (Å²) in [4.78, 5) is 0.0450. The Morgan fingerprint density at radius 3 is 1.94 bits per heavy atom. The molecule has 0 spiro atoms. The van der Waals surface area contributed by atoms with E-state index in [0.29, 0.717) is 6.20 Å². The molecule has 9 nitrogen and oxygen atoms in total. The molecular weight excluding hydrogens is 274 g/mol. The minimum atomic E-state index is -5.18. The quantitative estimate of drug-likeness (QED) is 0.658. The zero-order valence-corrected chi connectivity index (χ0v) is 9.40. The summed E-state index contributed by atoms with van der Waals surface area (Å²) in [7, 11) is -10.3. The summed E-state index contributed by atoms with van der Waals surface area (Å²) in [5.41, 5.74) is 8.24. The average molecular weight is 277 g/mol. The van der Waals surface area contributed by atoms with Gasteiger partial charge in [0.2, 0.25) is 0 Å². The van der Waals surface area contributed by atoms with Crippen molar-refractivity contribution in [3.8, 4) is 6.07 Å². The van der Waals surface area contributed by atoms with Crippen molar-refractivity contribution in [3.63, 3.8) is 0 Å². The monoisotopic (exact) mass is 277 g/mol. The topological polar surface area (TPSA) is 168 Å². The number of aromatic nitrogens is 1. The van der Waals surface area contributed by atoms with Crippen molar-refractivity contribution in [2.24, 2.45) is 0 Å². The minimum absolute atomic E-state index is 0.535. The third-order valence-corrected chi connectivity index (χ3v) is 3.58. The molecule has 0 atom stereocenters.